The minimum Gasteiger partial charge on any atom is -0.360 e. The molecule has 0 aliphatic heterocycles. The monoisotopic (exact) mass is 165 g/mol. The molecule has 1 rings (SSSR count). The predicted molar refractivity (Wildman–Crippen MR) is 38.8 cm³/mol. The van der Waals surface area contributed by atoms with Crippen molar-refractivity contribution in [3.8, 4) is 5.75 Å². The molecule has 0 atom stereocenters. The van der Waals surface area contributed by atoms with E-state index in [9.17, 15) is 0 Å². The highest BCUT2D eigenvalue weighted by molar-refractivity contribution is 5.19. The van der Waals surface area contributed by atoms with Gasteiger partial charge in [0, 0.05) is 0 Å². The summed E-state index contributed by atoms with van der Waals surface area (Å²) in [6.07, 6.45) is 0. The first-order valence-corrected chi connectivity index (χ1v) is 3.06. The second-order valence-corrected chi connectivity index (χ2v) is 1.73. The van der Waals surface area contributed by atoms with Gasteiger partial charge in [0.1, 0.15) is 0 Å². The summed E-state index contributed by atoms with van der Waals surface area (Å²) in [5.41, 5.74) is 7.79. The normalized spacial score (nSPS) is 9.67. The van der Waals surface area contributed by atoms with Crippen molar-refractivity contribution in [3.63, 3.8) is 0 Å². The van der Waals surface area contributed by atoms with Crippen molar-refractivity contribution < 1.29 is 9.88 Å². The van der Waals surface area contributed by atoms with Gasteiger partial charge in [-0.05, 0) is 17.4 Å². The molecular formula is C6H5N4O2-. The van der Waals surface area contributed by atoms with Crippen molar-refractivity contribution in [2.24, 2.45) is 15.7 Å². The molecule has 0 unspecified atom stereocenters. The van der Waals surface area contributed by atoms with Crippen LogP contribution in [0.5, 0.6) is 5.75 Å². The fraction of sp³-hybridized carbons (Fsp3) is 0. The van der Waals surface area contributed by atoms with Crippen LogP contribution in [-0.4, -0.2) is 0 Å². The number of hydrogen-bond acceptors (Lipinski definition) is 3. The van der Waals surface area contributed by atoms with Crippen molar-refractivity contribution in [2.75, 3.05) is 0 Å². The molecule has 0 saturated heterocycles. The second-order valence-electron chi connectivity index (χ2n) is 1.73. The number of rotatable bonds is 4. The topological polar surface area (TPSA) is 77.8 Å². The lowest BCUT2D eigenvalue weighted by atomic mass is 10.3. The summed E-state index contributed by atoms with van der Waals surface area (Å²) < 4.78 is 0. The zero-order valence-corrected chi connectivity index (χ0v) is 5.99. The van der Waals surface area contributed by atoms with E-state index in [4.69, 9.17) is 5.53 Å². The Morgan fingerprint density at radius 3 is 2.58 bits per heavy atom. The quantitative estimate of drug-likeness (QED) is 0.389. The number of hydrogen-bond donors (Lipinski definition) is 0. The molecule has 0 bridgehead atoms. The fourth-order valence-electron chi connectivity index (χ4n) is 0.567. The maximum atomic E-state index is 7.79. The van der Waals surface area contributed by atoms with Gasteiger partial charge in [-0.2, -0.15) is 4.99 Å². The zero-order valence-electron chi connectivity index (χ0n) is 5.99. The van der Waals surface area contributed by atoms with Crippen LogP contribution in [0.25, 0.3) is 5.53 Å². The zero-order chi connectivity index (χ0) is 8.65. The van der Waals surface area contributed by atoms with Crippen molar-refractivity contribution >= 4 is 0 Å². The summed E-state index contributed by atoms with van der Waals surface area (Å²) in [6, 6.07) is 8.72. The lowest BCUT2D eigenvalue weighted by molar-refractivity contribution is -0.216. The average molecular weight is 165 g/mol. The van der Waals surface area contributed by atoms with Gasteiger partial charge in [-0.3, -0.25) is 10.1 Å². The Labute approximate surface area is 68.2 Å². The summed E-state index contributed by atoms with van der Waals surface area (Å²) in [5.74, 6) is 0.481. The van der Waals surface area contributed by atoms with Gasteiger partial charge in [0.05, 0.1) is 0 Å². The van der Waals surface area contributed by atoms with Crippen LogP contribution in [-0.2, 0) is 4.99 Å². The van der Waals surface area contributed by atoms with Gasteiger partial charge in [0.25, 0.3) is 0 Å². The van der Waals surface area contributed by atoms with Crippen LogP contribution >= 0.6 is 0 Å². The highest BCUT2D eigenvalue weighted by Gasteiger charge is 1.88. The first-order chi connectivity index (χ1) is 5.93. The Bertz CT molecular complexity index is 262. The molecule has 0 aliphatic carbocycles. The van der Waals surface area contributed by atoms with Crippen LogP contribution in [0, 0.1) is 0 Å². The minimum atomic E-state index is 0.481. The van der Waals surface area contributed by atoms with E-state index in [1.807, 2.05) is 6.07 Å². The lowest BCUT2D eigenvalue weighted by Gasteiger charge is -1.97. The Morgan fingerprint density at radius 1 is 1.17 bits per heavy atom. The number of para-hydroxylation sites is 1. The summed E-state index contributed by atoms with van der Waals surface area (Å²) in [7, 11) is 0. The first-order valence-electron chi connectivity index (χ1n) is 3.06. The van der Waals surface area contributed by atoms with Gasteiger partial charge in [-0.15, -0.1) is 0 Å². The van der Waals surface area contributed by atoms with Gasteiger partial charge in [-0.1, -0.05) is 18.2 Å². The third-order valence-corrected chi connectivity index (χ3v) is 0.987. The van der Waals surface area contributed by atoms with E-state index in [0.29, 0.717) is 5.75 Å². The molecule has 0 radical (unpaired) electrons. The summed E-state index contributed by atoms with van der Waals surface area (Å²) >= 11 is 0. The number of benzene rings is 1. The molecule has 0 N–H and O–H groups in total. The van der Waals surface area contributed by atoms with E-state index in [1.54, 1.807) is 24.3 Å². The van der Waals surface area contributed by atoms with Crippen LogP contribution in [0.15, 0.2) is 46.1 Å². The minimum absolute atomic E-state index is 0.481. The van der Waals surface area contributed by atoms with Crippen LogP contribution in [0.4, 0.5) is 0 Å². The molecule has 0 heterocycles. The van der Waals surface area contributed by atoms with Crippen LogP contribution in [0.3, 0.4) is 0 Å². The van der Waals surface area contributed by atoms with Crippen molar-refractivity contribution in [2.45, 2.75) is 0 Å². The SMILES string of the molecule is [N-]=N/N=N/OOc1ccccc1. The molecular weight excluding hydrogens is 160 g/mol. The number of nitrogens with zero attached hydrogens (tertiary/aromatic N) is 4. The standard InChI is InChI=1S/C6H5N4O2/c7-8-9-10-12-11-6-4-2-1-3-5-6/h1-5H/q-1/b10-9+. The molecule has 6 nitrogen and oxygen atoms in total. The molecule has 6 heteroatoms. The van der Waals surface area contributed by atoms with Gasteiger partial charge < -0.3 is 5.53 Å². The summed E-state index contributed by atoms with van der Waals surface area (Å²) in [6.45, 7) is 0. The Morgan fingerprint density at radius 2 is 1.92 bits per heavy atom. The van der Waals surface area contributed by atoms with Crippen LogP contribution in [0.1, 0.15) is 0 Å². The van der Waals surface area contributed by atoms with Crippen molar-refractivity contribution in [3.05, 3.63) is 35.9 Å². The molecule has 62 valence electrons. The Kier molecular flexibility index (Phi) is 3.23. The van der Waals surface area contributed by atoms with Crippen molar-refractivity contribution in [1.82, 2.24) is 0 Å². The average Bonchev–Trinajstić information content (AvgIpc) is 2.14. The Balaban J connectivity index is 2.33. The molecule has 0 fully saturated rings. The summed E-state index contributed by atoms with van der Waals surface area (Å²) in [5, 5.41) is 7.94. The van der Waals surface area contributed by atoms with E-state index in [2.05, 4.69) is 25.6 Å². The Hall–Kier alpha value is -1.98. The molecule has 1 aromatic rings. The third-order valence-electron chi connectivity index (χ3n) is 0.987. The van der Waals surface area contributed by atoms with Gasteiger partial charge >= 0.3 is 0 Å². The second kappa shape index (κ2) is 4.78. The highest BCUT2D eigenvalue weighted by Crippen LogP contribution is 2.08. The van der Waals surface area contributed by atoms with E-state index >= 15 is 0 Å². The lowest BCUT2D eigenvalue weighted by Crippen LogP contribution is -1.87. The van der Waals surface area contributed by atoms with E-state index in [1.165, 1.54) is 0 Å². The van der Waals surface area contributed by atoms with Crippen LogP contribution < -0.4 is 4.89 Å². The van der Waals surface area contributed by atoms with E-state index < -0.39 is 0 Å². The highest BCUT2D eigenvalue weighted by atomic mass is 17.3. The predicted octanol–water partition coefficient (Wildman–Crippen LogP) is 2.30. The molecule has 0 spiro atoms. The smallest absolute Gasteiger partial charge is 0.181 e. The maximum absolute atomic E-state index is 7.79. The third kappa shape index (κ3) is 2.74. The van der Waals surface area contributed by atoms with E-state index in [0.717, 1.165) is 0 Å². The fourth-order valence-corrected chi connectivity index (χ4v) is 0.567. The summed E-state index contributed by atoms with van der Waals surface area (Å²) in [4.78, 5) is 8.74. The van der Waals surface area contributed by atoms with Gasteiger partial charge in [0.15, 0.2) is 5.75 Å². The molecule has 0 saturated carbocycles. The maximum Gasteiger partial charge on any atom is 0.181 e. The molecule has 1 aromatic carbocycles. The molecule has 0 amide bonds. The largest absolute Gasteiger partial charge is 0.360 e. The molecule has 12 heavy (non-hydrogen) atoms. The van der Waals surface area contributed by atoms with E-state index in [-0.39, 0.29) is 0 Å². The molecule has 0 aromatic heterocycles. The van der Waals surface area contributed by atoms with Crippen LogP contribution in [0.2, 0.25) is 0 Å². The van der Waals surface area contributed by atoms with Gasteiger partial charge in [-0.25, -0.2) is 5.22 Å². The first kappa shape index (κ1) is 8.12. The van der Waals surface area contributed by atoms with Crippen molar-refractivity contribution in [1.29, 1.82) is 0 Å². The van der Waals surface area contributed by atoms with Gasteiger partial charge in [0.2, 0.25) is 0 Å². The molecule has 0 aliphatic rings.